The quantitative estimate of drug-likeness (QED) is 0.307. The predicted octanol–water partition coefficient (Wildman–Crippen LogP) is 1.59. The fourth-order valence-electron chi connectivity index (χ4n) is 5.34. The third-order valence-corrected chi connectivity index (χ3v) is 11.1. The van der Waals surface area contributed by atoms with Gasteiger partial charge in [0.1, 0.15) is 22.2 Å². The molecule has 9 nitrogen and oxygen atoms in total. The summed E-state index contributed by atoms with van der Waals surface area (Å²) in [5.74, 6) is -3.93. The molecular weight excluding hydrogens is 538 g/mol. The van der Waals surface area contributed by atoms with Gasteiger partial charge in [-0.05, 0) is 63.0 Å². The highest BCUT2D eigenvalue weighted by molar-refractivity contribution is 6.98. The average Bonchev–Trinajstić information content (AvgIpc) is 3.24. The molecule has 0 radical (unpaired) electrons. The normalized spacial score (nSPS) is 16.9. The van der Waals surface area contributed by atoms with Crippen LogP contribution < -0.4 is 15.2 Å². The lowest BCUT2D eigenvalue weighted by molar-refractivity contribution is -0.462. The molecule has 0 saturated heterocycles. The second-order valence-corrected chi connectivity index (χ2v) is 15.3. The number of carbonyl (C=O) groups is 4. The molecule has 208 valence electrons. The SMILES string of the molecule is CN(C)c1ccc2c(c1)[Si](C)(C)C1=CC(=[N+](C)C)C=CC1=C2c1cc(C(=O)ON2C(=O)C=CC2=O)ccc1C(=O)[O-]. The summed E-state index contributed by atoms with van der Waals surface area (Å²) in [6, 6.07) is 10.1. The summed E-state index contributed by atoms with van der Waals surface area (Å²) >= 11 is 0. The van der Waals surface area contributed by atoms with Crippen LogP contribution >= 0.6 is 0 Å². The number of carboxylic acid groups (broad SMARTS) is 1. The third kappa shape index (κ3) is 4.65. The molecule has 2 amide bonds. The molecule has 0 N–H and O–H groups in total. The summed E-state index contributed by atoms with van der Waals surface area (Å²) in [5, 5.41) is 15.0. The number of carbonyl (C=O) groups excluding carboxylic acids is 4. The number of fused-ring (bicyclic) bond motifs is 2. The maximum Gasteiger partial charge on any atom is 0.363 e. The Bertz CT molecular complexity index is 1700. The van der Waals surface area contributed by atoms with Crippen molar-refractivity contribution >= 4 is 54.0 Å². The van der Waals surface area contributed by atoms with Crippen molar-refractivity contribution in [1.29, 1.82) is 0 Å². The number of imide groups is 1. The van der Waals surface area contributed by atoms with E-state index in [9.17, 15) is 24.3 Å². The second kappa shape index (κ2) is 9.97. The van der Waals surface area contributed by atoms with E-state index in [0.717, 1.165) is 45.1 Å². The molecule has 0 fully saturated rings. The van der Waals surface area contributed by atoms with E-state index in [2.05, 4.69) is 25.2 Å². The van der Waals surface area contributed by atoms with Crippen LogP contribution in [0.2, 0.25) is 13.1 Å². The molecule has 10 heteroatoms. The van der Waals surface area contributed by atoms with Crippen molar-refractivity contribution < 1.29 is 33.7 Å². The van der Waals surface area contributed by atoms with Gasteiger partial charge in [0.05, 0.1) is 11.5 Å². The van der Waals surface area contributed by atoms with E-state index in [-0.39, 0.29) is 16.7 Å². The first-order valence-corrected chi connectivity index (χ1v) is 16.0. The Morgan fingerprint density at radius 1 is 0.927 bits per heavy atom. The van der Waals surface area contributed by atoms with Gasteiger partial charge in [0.2, 0.25) is 0 Å². The molecular formula is C31H29N3O6Si. The molecule has 0 bridgehead atoms. The minimum atomic E-state index is -2.30. The lowest BCUT2D eigenvalue weighted by Crippen LogP contribution is -2.50. The van der Waals surface area contributed by atoms with Gasteiger partial charge >= 0.3 is 5.97 Å². The fourth-order valence-corrected chi connectivity index (χ4v) is 8.41. The van der Waals surface area contributed by atoms with Gasteiger partial charge in [0.15, 0.2) is 5.71 Å². The number of benzene rings is 2. The van der Waals surface area contributed by atoms with Crippen LogP contribution in [-0.2, 0) is 14.4 Å². The zero-order valence-electron chi connectivity index (χ0n) is 23.6. The van der Waals surface area contributed by atoms with Gasteiger partial charge in [-0.15, -0.1) is 0 Å². The van der Waals surface area contributed by atoms with Crippen molar-refractivity contribution in [1.82, 2.24) is 5.06 Å². The van der Waals surface area contributed by atoms with Gasteiger partial charge in [-0.1, -0.05) is 30.3 Å². The molecule has 1 aliphatic carbocycles. The monoisotopic (exact) mass is 567 g/mol. The number of carboxylic acids is 1. The van der Waals surface area contributed by atoms with Crippen molar-refractivity contribution in [3.63, 3.8) is 0 Å². The Kier molecular flexibility index (Phi) is 6.74. The first-order chi connectivity index (χ1) is 19.3. The van der Waals surface area contributed by atoms with Gasteiger partial charge in [-0.2, -0.15) is 0 Å². The van der Waals surface area contributed by atoms with E-state index in [4.69, 9.17) is 4.84 Å². The molecule has 2 heterocycles. The number of hydrogen-bond donors (Lipinski definition) is 0. The van der Waals surface area contributed by atoms with Crippen molar-refractivity contribution in [2.45, 2.75) is 13.1 Å². The number of anilines is 1. The summed E-state index contributed by atoms with van der Waals surface area (Å²) in [7, 11) is 5.58. The van der Waals surface area contributed by atoms with Crippen LogP contribution in [0, 0.1) is 0 Å². The highest BCUT2D eigenvalue weighted by atomic mass is 28.3. The lowest BCUT2D eigenvalue weighted by Gasteiger charge is -2.38. The summed E-state index contributed by atoms with van der Waals surface area (Å²) in [4.78, 5) is 56.5. The van der Waals surface area contributed by atoms with Crippen LogP contribution in [0.1, 0.15) is 31.8 Å². The minimum Gasteiger partial charge on any atom is -0.545 e. The zero-order chi connectivity index (χ0) is 29.8. The standard InChI is InChI=1S/C31H29N3O6Si/c1-32(2)19-8-11-22-25(16-19)41(5,6)26-17-20(33(3)4)9-12-23(26)29(22)24-15-18(7-10-21(24)30(37)38)31(39)40-34-27(35)13-14-28(34)36/h7-17H,1-6H3. The van der Waals surface area contributed by atoms with Crippen LogP contribution in [0.3, 0.4) is 0 Å². The first kappa shape index (κ1) is 27.7. The van der Waals surface area contributed by atoms with Crippen LogP contribution in [0.4, 0.5) is 5.69 Å². The summed E-state index contributed by atoms with van der Waals surface area (Å²) < 4.78 is 2.02. The Labute approximate surface area is 238 Å². The van der Waals surface area contributed by atoms with Crippen LogP contribution in [0.5, 0.6) is 0 Å². The molecule has 0 spiro atoms. The van der Waals surface area contributed by atoms with E-state index in [0.29, 0.717) is 10.6 Å². The van der Waals surface area contributed by atoms with Crippen LogP contribution in [0.15, 0.2) is 77.5 Å². The smallest absolute Gasteiger partial charge is 0.363 e. The summed E-state index contributed by atoms with van der Waals surface area (Å²) in [5.41, 5.74) is 4.59. The number of aromatic carboxylic acids is 1. The molecule has 41 heavy (non-hydrogen) atoms. The molecule has 2 aliphatic heterocycles. The van der Waals surface area contributed by atoms with Gasteiger partial charge in [0, 0.05) is 49.7 Å². The van der Waals surface area contributed by atoms with Gasteiger partial charge in [-0.25, -0.2) is 9.37 Å². The Morgan fingerprint density at radius 3 is 2.22 bits per heavy atom. The molecule has 2 aromatic carbocycles. The molecule has 0 aromatic heterocycles. The number of hydrogen-bond acceptors (Lipinski definition) is 7. The van der Waals surface area contributed by atoms with Gasteiger partial charge < -0.3 is 19.6 Å². The van der Waals surface area contributed by atoms with Crippen molar-refractivity contribution in [3.05, 3.63) is 99.8 Å². The van der Waals surface area contributed by atoms with Crippen LogP contribution in [-0.4, -0.2) is 75.4 Å². The molecule has 0 atom stereocenters. The van der Waals surface area contributed by atoms with E-state index in [1.807, 2.05) is 62.0 Å². The topological polar surface area (TPSA) is 110 Å². The maximum atomic E-state index is 13.1. The van der Waals surface area contributed by atoms with E-state index >= 15 is 0 Å². The summed E-state index contributed by atoms with van der Waals surface area (Å²) in [6.07, 6.45) is 8.14. The van der Waals surface area contributed by atoms with Crippen molar-refractivity contribution in [3.8, 4) is 0 Å². The highest BCUT2D eigenvalue weighted by Crippen LogP contribution is 2.43. The van der Waals surface area contributed by atoms with Crippen molar-refractivity contribution in [2.75, 3.05) is 33.1 Å². The number of rotatable bonds is 5. The number of amides is 2. The highest BCUT2D eigenvalue weighted by Gasteiger charge is 2.41. The third-order valence-electron chi connectivity index (χ3n) is 7.61. The Morgan fingerprint density at radius 2 is 1.61 bits per heavy atom. The van der Waals surface area contributed by atoms with E-state index in [1.54, 1.807) is 0 Å². The summed E-state index contributed by atoms with van der Waals surface area (Å²) in [6.45, 7) is 4.54. The predicted molar refractivity (Wildman–Crippen MR) is 155 cm³/mol. The van der Waals surface area contributed by atoms with Gasteiger partial charge in [-0.3, -0.25) is 9.59 Å². The van der Waals surface area contributed by atoms with E-state index in [1.165, 1.54) is 18.2 Å². The number of nitrogens with zero attached hydrogens (tertiary/aromatic N) is 3. The Hall–Kier alpha value is -4.83. The molecule has 3 aliphatic rings. The lowest BCUT2D eigenvalue weighted by atomic mass is 9.86. The zero-order valence-corrected chi connectivity index (χ0v) is 24.6. The minimum absolute atomic E-state index is 0.0231. The average molecular weight is 568 g/mol. The maximum absolute atomic E-state index is 13.1. The largest absolute Gasteiger partial charge is 0.545 e. The fraction of sp³-hybridized carbons (Fsp3) is 0.194. The molecule has 5 rings (SSSR count). The Balaban J connectivity index is 1.77. The second-order valence-electron chi connectivity index (χ2n) is 11.0. The van der Waals surface area contributed by atoms with Gasteiger partial charge in [0.25, 0.3) is 11.8 Å². The molecule has 0 saturated carbocycles. The number of allylic oxidation sites excluding steroid dienone is 5. The van der Waals surface area contributed by atoms with E-state index < -0.39 is 31.8 Å². The molecule has 2 aromatic rings. The van der Waals surface area contributed by atoms with Crippen molar-refractivity contribution in [2.24, 2.45) is 0 Å². The molecule has 0 unspecified atom stereocenters. The first-order valence-electron chi connectivity index (χ1n) is 13.0. The number of hydroxylamine groups is 2. The van der Waals surface area contributed by atoms with Crippen LogP contribution in [0.25, 0.3) is 5.57 Å².